The van der Waals surface area contributed by atoms with E-state index in [1.807, 2.05) is 0 Å². The Morgan fingerprint density at radius 3 is 2.90 bits per heavy atom. The lowest BCUT2D eigenvalue weighted by atomic mass is 10.4. The molecule has 0 saturated carbocycles. The summed E-state index contributed by atoms with van der Waals surface area (Å²) < 4.78 is 0. The van der Waals surface area contributed by atoms with Crippen LogP contribution in [0.3, 0.4) is 0 Å². The molecule has 10 heavy (non-hydrogen) atoms. The number of hydrogen-bond donors (Lipinski definition) is 1. The van der Waals surface area contributed by atoms with E-state index < -0.39 is 6.10 Å². The zero-order valence-corrected chi connectivity index (χ0v) is 6.35. The molecule has 1 atom stereocenters. The maximum Gasteiger partial charge on any atom is 0.124 e. The van der Waals surface area contributed by atoms with E-state index in [1.54, 1.807) is 12.3 Å². The third-order valence-corrected chi connectivity index (χ3v) is 2.04. The summed E-state index contributed by atoms with van der Waals surface area (Å²) in [5, 5.41) is 11.4. The zero-order chi connectivity index (χ0) is 7.56. The minimum Gasteiger partial charge on any atom is -0.386 e. The van der Waals surface area contributed by atoms with Gasteiger partial charge in [0.25, 0.3) is 0 Å². The minimum atomic E-state index is -0.507. The number of hydrogen-bond acceptors (Lipinski definition) is 3. The lowest BCUT2D eigenvalue weighted by Crippen LogP contribution is -1.88. The largest absolute Gasteiger partial charge is 0.386 e. The molecule has 0 aromatic carbocycles. The van der Waals surface area contributed by atoms with Crippen molar-refractivity contribution in [3.8, 4) is 12.3 Å². The van der Waals surface area contributed by atoms with E-state index in [9.17, 15) is 0 Å². The number of rotatable bonds is 1. The maximum absolute atomic E-state index is 9.01. The molecule has 1 aromatic rings. The molecule has 0 aliphatic rings. The molecule has 0 aliphatic carbocycles. The molecule has 0 fully saturated rings. The number of nitrogens with zero attached hydrogens (tertiary/aromatic N) is 1. The Hall–Kier alpha value is -0.850. The highest BCUT2D eigenvalue weighted by Crippen LogP contribution is 2.16. The highest BCUT2D eigenvalue weighted by atomic mass is 32.1. The van der Waals surface area contributed by atoms with Crippen molar-refractivity contribution in [2.24, 2.45) is 0 Å². The summed E-state index contributed by atoms with van der Waals surface area (Å²) in [5.74, 6) is 2.39. The smallest absolute Gasteiger partial charge is 0.124 e. The van der Waals surface area contributed by atoms with Crippen LogP contribution in [0.15, 0.2) is 5.38 Å². The zero-order valence-electron chi connectivity index (χ0n) is 5.53. The van der Waals surface area contributed by atoms with Crippen molar-refractivity contribution in [3.05, 3.63) is 16.1 Å². The standard InChI is InChI=1S/C7H7NOS/c1-3-6-4-10-7(8-6)5(2)9/h1,4-5,9H,2H3. The first kappa shape index (κ1) is 7.26. The normalized spacial score (nSPS) is 12.5. The molecule has 3 heteroatoms. The lowest BCUT2D eigenvalue weighted by molar-refractivity contribution is 0.198. The molecule has 1 N–H and O–H groups in total. The van der Waals surface area contributed by atoms with Crippen molar-refractivity contribution in [1.82, 2.24) is 4.98 Å². The van der Waals surface area contributed by atoms with Gasteiger partial charge in [0, 0.05) is 5.38 Å². The Morgan fingerprint density at radius 1 is 1.90 bits per heavy atom. The van der Waals surface area contributed by atoms with Crippen LogP contribution in [0.25, 0.3) is 0 Å². The molecule has 0 amide bonds. The van der Waals surface area contributed by atoms with E-state index in [4.69, 9.17) is 11.5 Å². The van der Waals surface area contributed by atoms with Crippen molar-refractivity contribution >= 4 is 11.3 Å². The molecule has 1 unspecified atom stereocenters. The van der Waals surface area contributed by atoms with Gasteiger partial charge in [-0.25, -0.2) is 4.98 Å². The first-order valence-electron chi connectivity index (χ1n) is 2.84. The molecule has 1 aromatic heterocycles. The van der Waals surface area contributed by atoms with Crippen LogP contribution in [0.2, 0.25) is 0 Å². The van der Waals surface area contributed by atoms with Crippen molar-refractivity contribution in [1.29, 1.82) is 0 Å². The van der Waals surface area contributed by atoms with Crippen molar-refractivity contribution < 1.29 is 5.11 Å². The predicted octanol–water partition coefficient (Wildman–Crippen LogP) is 1.18. The molecule has 1 rings (SSSR count). The second-order valence-corrected chi connectivity index (χ2v) is 2.78. The van der Waals surface area contributed by atoms with Gasteiger partial charge >= 0.3 is 0 Å². The van der Waals surface area contributed by atoms with E-state index in [0.717, 1.165) is 0 Å². The van der Waals surface area contributed by atoms with Crippen molar-refractivity contribution in [2.75, 3.05) is 0 Å². The highest BCUT2D eigenvalue weighted by Gasteiger charge is 2.04. The SMILES string of the molecule is C#Cc1csc(C(C)O)n1. The van der Waals surface area contributed by atoms with Gasteiger partial charge in [0.05, 0.1) is 0 Å². The molecule has 0 saturated heterocycles. The van der Waals surface area contributed by atoms with Crippen LogP contribution in [0.1, 0.15) is 23.7 Å². The van der Waals surface area contributed by atoms with Gasteiger partial charge in [0.15, 0.2) is 0 Å². The molecular formula is C7H7NOS. The topological polar surface area (TPSA) is 33.1 Å². The summed E-state index contributed by atoms with van der Waals surface area (Å²) in [6, 6.07) is 0. The lowest BCUT2D eigenvalue weighted by Gasteiger charge is -1.93. The van der Waals surface area contributed by atoms with Crippen LogP contribution in [-0.2, 0) is 0 Å². The van der Waals surface area contributed by atoms with Gasteiger partial charge in [-0.15, -0.1) is 17.8 Å². The Labute approximate surface area is 63.5 Å². The molecule has 52 valence electrons. The predicted molar refractivity (Wildman–Crippen MR) is 40.7 cm³/mol. The van der Waals surface area contributed by atoms with Crippen LogP contribution in [-0.4, -0.2) is 10.1 Å². The second kappa shape index (κ2) is 2.82. The molecular weight excluding hydrogens is 146 g/mol. The fourth-order valence-corrected chi connectivity index (χ4v) is 1.25. The Balaban J connectivity index is 2.91. The van der Waals surface area contributed by atoms with E-state index in [2.05, 4.69) is 10.9 Å². The van der Waals surface area contributed by atoms with Gasteiger partial charge < -0.3 is 5.11 Å². The summed E-state index contributed by atoms with van der Waals surface area (Å²) in [5.41, 5.74) is 0.598. The van der Waals surface area contributed by atoms with Gasteiger partial charge in [0.1, 0.15) is 16.8 Å². The number of terminal acetylenes is 1. The first-order chi connectivity index (χ1) is 4.74. The van der Waals surface area contributed by atoms with Gasteiger partial charge in [-0.1, -0.05) is 0 Å². The van der Waals surface area contributed by atoms with Gasteiger partial charge in [-0.3, -0.25) is 0 Å². The average Bonchev–Trinajstić information content (AvgIpc) is 2.34. The van der Waals surface area contributed by atoms with E-state index in [0.29, 0.717) is 10.7 Å². The summed E-state index contributed by atoms with van der Waals surface area (Å²) in [7, 11) is 0. The summed E-state index contributed by atoms with van der Waals surface area (Å²) >= 11 is 1.38. The summed E-state index contributed by atoms with van der Waals surface area (Å²) in [6.45, 7) is 1.67. The van der Waals surface area contributed by atoms with Crippen LogP contribution in [0, 0.1) is 12.3 Å². The molecule has 0 aliphatic heterocycles. The van der Waals surface area contributed by atoms with Gasteiger partial charge in [-0.2, -0.15) is 0 Å². The molecule has 0 radical (unpaired) electrons. The minimum absolute atomic E-state index is 0.507. The molecule has 1 heterocycles. The van der Waals surface area contributed by atoms with E-state index >= 15 is 0 Å². The summed E-state index contributed by atoms with van der Waals surface area (Å²) in [4.78, 5) is 3.96. The summed E-state index contributed by atoms with van der Waals surface area (Å²) in [6.07, 6.45) is 4.57. The fourth-order valence-electron chi connectivity index (χ4n) is 0.546. The second-order valence-electron chi connectivity index (χ2n) is 1.89. The van der Waals surface area contributed by atoms with Crippen LogP contribution < -0.4 is 0 Å². The molecule has 0 spiro atoms. The highest BCUT2D eigenvalue weighted by molar-refractivity contribution is 7.09. The van der Waals surface area contributed by atoms with Crippen LogP contribution in [0.5, 0.6) is 0 Å². The molecule has 0 bridgehead atoms. The van der Waals surface area contributed by atoms with Crippen molar-refractivity contribution in [2.45, 2.75) is 13.0 Å². The Morgan fingerprint density at radius 2 is 2.60 bits per heavy atom. The third kappa shape index (κ3) is 1.35. The van der Waals surface area contributed by atoms with Crippen molar-refractivity contribution in [3.63, 3.8) is 0 Å². The monoisotopic (exact) mass is 153 g/mol. The Bertz CT molecular complexity index is 259. The maximum atomic E-state index is 9.01. The quantitative estimate of drug-likeness (QED) is 0.614. The van der Waals surface area contributed by atoms with Gasteiger partial charge in [-0.05, 0) is 12.8 Å². The van der Waals surface area contributed by atoms with E-state index in [1.165, 1.54) is 11.3 Å². The van der Waals surface area contributed by atoms with Gasteiger partial charge in [0.2, 0.25) is 0 Å². The fraction of sp³-hybridized carbons (Fsp3) is 0.286. The Kier molecular flexibility index (Phi) is 2.05. The average molecular weight is 153 g/mol. The van der Waals surface area contributed by atoms with Crippen LogP contribution >= 0.6 is 11.3 Å². The molecule has 2 nitrogen and oxygen atoms in total. The number of aliphatic hydroxyl groups is 1. The number of aromatic nitrogens is 1. The third-order valence-electron chi connectivity index (χ3n) is 1.03. The number of aliphatic hydroxyl groups excluding tert-OH is 1. The first-order valence-corrected chi connectivity index (χ1v) is 3.72. The number of thiazole rings is 1. The van der Waals surface area contributed by atoms with E-state index in [-0.39, 0.29) is 0 Å². The van der Waals surface area contributed by atoms with Crippen LogP contribution in [0.4, 0.5) is 0 Å².